The van der Waals surface area contributed by atoms with Crippen LogP contribution in [-0.4, -0.2) is 20.3 Å². The molecule has 0 atom stereocenters. The lowest BCUT2D eigenvalue weighted by Gasteiger charge is -2.22. The summed E-state index contributed by atoms with van der Waals surface area (Å²) in [5.41, 5.74) is 2.42. The molecular weight excluding hydrogens is 238 g/mol. The summed E-state index contributed by atoms with van der Waals surface area (Å²) in [4.78, 5) is 0. The topological polar surface area (TPSA) is 30.5 Å². The molecule has 0 aliphatic heterocycles. The lowest BCUT2D eigenvalue weighted by molar-refractivity contribution is 0.355. The minimum Gasteiger partial charge on any atom is -0.493 e. The van der Waals surface area contributed by atoms with Crippen LogP contribution in [0.25, 0.3) is 0 Å². The van der Waals surface area contributed by atoms with Crippen molar-refractivity contribution in [2.75, 3.05) is 19.5 Å². The van der Waals surface area contributed by atoms with Gasteiger partial charge in [-0.3, -0.25) is 0 Å². The SMILES string of the molecule is COc1cc(C)c(NC(C2CC2)C2CC2)cc1OC. The van der Waals surface area contributed by atoms with Gasteiger partial charge in [-0.15, -0.1) is 0 Å². The Hall–Kier alpha value is -1.38. The maximum Gasteiger partial charge on any atom is 0.162 e. The third-order valence-electron chi connectivity index (χ3n) is 4.31. The van der Waals surface area contributed by atoms with Crippen LogP contribution in [0.5, 0.6) is 11.5 Å². The molecule has 2 aliphatic rings. The molecule has 3 heteroatoms. The van der Waals surface area contributed by atoms with Gasteiger partial charge >= 0.3 is 0 Å². The zero-order valence-electron chi connectivity index (χ0n) is 12.0. The molecule has 0 amide bonds. The van der Waals surface area contributed by atoms with E-state index in [2.05, 4.69) is 24.4 Å². The van der Waals surface area contributed by atoms with E-state index in [-0.39, 0.29) is 0 Å². The van der Waals surface area contributed by atoms with Gasteiger partial charge in [0.15, 0.2) is 11.5 Å². The molecule has 0 bridgehead atoms. The van der Waals surface area contributed by atoms with Crippen LogP contribution in [0.15, 0.2) is 12.1 Å². The second-order valence-corrected chi connectivity index (χ2v) is 5.87. The average Bonchev–Trinajstić information content (AvgIpc) is 3.29. The minimum atomic E-state index is 0.664. The maximum absolute atomic E-state index is 5.40. The molecule has 2 fully saturated rings. The summed E-state index contributed by atoms with van der Waals surface area (Å²) in [5.74, 6) is 3.39. The van der Waals surface area contributed by atoms with Crippen molar-refractivity contribution in [2.24, 2.45) is 11.8 Å². The summed E-state index contributed by atoms with van der Waals surface area (Å²) in [7, 11) is 3.37. The molecule has 2 aliphatic carbocycles. The van der Waals surface area contributed by atoms with Crippen LogP contribution >= 0.6 is 0 Å². The lowest BCUT2D eigenvalue weighted by atomic mass is 10.1. The Balaban J connectivity index is 1.82. The van der Waals surface area contributed by atoms with Gasteiger partial charge in [0.05, 0.1) is 14.2 Å². The van der Waals surface area contributed by atoms with Gasteiger partial charge in [0.1, 0.15) is 0 Å². The molecule has 0 heterocycles. The van der Waals surface area contributed by atoms with E-state index in [1.54, 1.807) is 14.2 Å². The van der Waals surface area contributed by atoms with Gasteiger partial charge in [0, 0.05) is 17.8 Å². The van der Waals surface area contributed by atoms with Gasteiger partial charge in [-0.05, 0) is 56.1 Å². The second kappa shape index (κ2) is 4.95. The molecule has 19 heavy (non-hydrogen) atoms. The van der Waals surface area contributed by atoms with Crippen LogP contribution < -0.4 is 14.8 Å². The number of benzene rings is 1. The van der Waals surface area contributed by atoms with E-state index >= 15 is 0 Å². The van der Waals surface area contributed by atoms with Gasteiger partial charge in [0.25, 0.3) is 0 Å². The Morgan fingerprint density at radius 3 is 2.00 bits per heavy atom. The van der Waals surface area contributed by atoms with Crippen LogP contribution in [0.1, 0.15) is 31.2 Å². The van der Waals surface area contributed by atoms with E-state index in [9.17, 15) is 0 Å². The predicted molar refractivity (Wildman–Crippen MR) is 77.1 cm³/mol. The van der Waals surface area contributed by atoms with Gasteiger partial charge in [-0.1, -0.05) is 0 Å². The molecule has 0 radical (unpaired) electrons. The molecule has 2 saturated carbocycles. The van der Waals surface area contributed by atoms with E-state index in [0.717, 1.165) is 23.3 Å². The molecule has 1 aromatic carbocycles. The number of ether oxygens (including phenoxy) is 2. The summed E-state index contributed by atoms with van der Waals surface area (Å²) >= 11 is 0. The van der Waals surface area contributed by atoms with Crippen LogP contribution in [-0.2, 0) is 0 Å². The maximum atomic E-state index is 5.40. The normalized spacial score (nSPS) is 18.5. The smallest absolute Gasteiger partial charge is 0.162 e. The van der Waals surface area contributed by atoms with Crippen LogP contribution in [0.3, 0.4) is 0 Å². The zero-order valence-corrected chi connectivity index (χ0v) is 12.0. The Morgan fingerprint density at radius 1 is 1.00 bits per heavy atom. The molecular formula is C16H23NO2. The molecule has 0 aromatic heterocycles. The fraction of sp³-hybridized carbons (Fsp3) is 0.625. The number of anilines is 1. The first kappa shape index (κ1) is 12.6. The van der Waals surface area contributed by atoms with E-state index < -0.39 is 0 Å². The Labute approximate surface area is 115 Å². The molecule has 3 rings (SSSR count). The van der Waals surface area contributed by atoms with E-state index in [1.807, 2.05) is 0 Å². The summed E-state index contributed by atoms with van der Waals surface area (Å²) in [6.45, 7) is 2.13. The molecule has 0 spiro atoms. The van der Waals surface area contributed by atoms with Gasteiger partial charge in [-0.2, -0.15) is 0 Å². The monoisotopic (exact) mass is 261 g/mol. The van der Waals surface area contributed by atoms with Gasteiger partial charge in [-0.25, -0.2) is 0 Å². The van der Waals surface area contributed by atoms with Crippen molar-refractivity contribution in [3.63, 3.8) is 0 Å². The fourth-order valence-corrected chi connectivity index (χ4v) is 2.85. The molecule has 3 nitrogen and oxygen atoms in total. The highest BCUT2D eigenvalue weighted by molar-refractivity contribution is 5.60. The Kier molecular flexibility index (Phi) is 3.29. The summed E-state index contributed by atoms with van der Waals surface area (Å²) in [5, 5.41) is 3.76. The molecule has 1 aromatic rings. The first-order chi connectivity index (χ1) is 9.22. The Bertz CT molecular complexity index is 452. The van der Waals surface area contributed by atoms with Crippen LogP contribution in [0, 0.1) is 18.8 Å². The first-order valence-electron chi connectivity index (χ1n) is 7.22. The van der Waals surface area contributed by atoms with Crippen molar-refractivity contribution in [1.82, 2.24) is 0 Å². The predicted octanol–water partition coefficient (Wildman–Crippen LogP) is 3.61. The van der Waals surface area contributed by atoms with Crippen molar-refractivity contribution in [3.8, 4) is 11.5 Å². The third kappa shape index (κ3) is 2.65. The van der Waals surface area contributed by atoms with Gasteiger partial charge < -0.3 is 14.8 Å². The largest absolute Gasteiger partial charge is 0.493 e. The number of hydrogen-bond donors (Lipinski definition) is 1. The summed E-state index contributed by atoms with van der Waals surface area (Å²) < 4.78 is 10.7. The van der Waals surface area contributed by atoms with Crippen LogP contribution in [0.2, 0.25) is 0 Å². The van der Waals surface area contributed by atoms with Crippen molar-refractivity contribution < 1.29 is 9.47 Å². The highest BCUT2D eigenvalue weighted by Crippen LogP contribution is 2.46. The highest BCUT2D eigenvalue weighted by Gasteiger charge is 2.41. The lowest BCUT2D eigenvalue weighted by Crippen LogP contribution is -2.24. The number of nitrogens with one attached hydrogen (secondary N) is 1. The van der Waals surface area contributed by atoms with Crippen molar-refractivity contribution in [3.05, 3.63) is 17.7 Å². The molecule has 0 unspecified atom stereocenters. The number of methoxy groups -OCH3 is 2. The Morgan fingerprint density at radius 2 is 1.53 bits per heavy atom. The molecule has 104 valence electrons. The van der Waals surface area contributed by atoms with Gasteiger partial charge in [0.2, 0.25) is 0 Å². The number of rotatable bonds is 6. The zero-order chi connectivity index (χ0) is 13.4. The highest BCUT2D eigenvalue weighted by atomic mass is 16.5. The molecule has 0 saturated heterocycles. The second-order valence-electron chi connectivity index (χ2n) is 5.87. The minimum absolute atomic E-state index is 0.664. The number of aryl methyl sites for hydroxylation is 1. The van der Waals surface area contributed by atoms with E-state index in [1.165, 1.54) is 36.9 Å². The van der Waals surface area contributed by atoms with Crippen LogP contribution in [0.4, 0.5) is 5.69 Å². The third-order valence-corrected chi connectivity index (χ3v) is 4.31. The number of hydrogen-bond acceptors (Lipinski definition) is 3. The average molecular weight is 261 g/mol. The standard InChI is InChI=1S/C16H23NO2/c1-10-8-14(18-2)15(19-3)9-13(10)17-16(11-4-5-11)12-6-7-12/h8-9,11-12,16-17H,4-7H2,1-3H3. The fourth-order valence-electron chi connectivity index (χ4n) is 2.85. The van der Waals surface area contributed by atoms with E-state index in [0.29, 0.717) is 6.04 Å². The van der Waals surface area contributed by atoms with Crippen molar-refractivity contribution in [1.29, 1.82) is 0 Å². The van der Waals surface area contributed by atoms with Crippen molar-refractivity contribution >= 4 is 5.69 Å². The first-order valence-corrected chi connectivity index (χ1v) is 7.22. The summed E-state index contributed by atoms with van der Waals surface area (Å²) in [6.07, 6.45) is 5.56. The van der Waals surface area contributed by atoms with Crippen molar-refractivity contribution in [2.45, 2.75) is 38.6 Å². The quantitative estimate of drug-likeness (QED) is 0.848. The summed E-state index contributed by atoms with van der Waals surface area (Å²) in [6, 6.07) is 4.79. The molecule has 1 N–H and O–H groups in total. The van der Waals surface area contributed by atoms with E-state index in [4.69, 9.17) is 9.47 Å².